The van der Waals surface area contributed by atoms with Crippen LogP contribution in [0, 0.1) is 0 Å². The Morgan fingerprint density at radius 1 is 1.07 bits per heavy atom. The third-order valence-electron chi connectivity index (χ3n) is 6.32. The SMILES string of the molecule is CN(C)CC1(c2ccccc2)CCC2(CC1)CNC(=O)N2CC(=O)N(C)C. The summed E-state index contributed by atoms with van der Waals surface area (Å²) in [5, 5.41) is 2.99. The molecule has 3 rings (SSSR count). The van der Waals surface area contributed by atoms with Crippen LogP contribution in [0.2, 0.25) is 0 Å². The number of hydrogen-bond acceptors (Lipinski definition) is 3. The quantitative estimate of drug-likeness (QED) is 0.859. The third kappa shape index (κ3) is 3.81. The van der Waals surface area contributed by atoms with Gasteiger partial charge in [0.25, 0.3) is 0 Å². The van der Waals surface area contributed by atoms with Crippen LogP contribution in [0.15, 0.2) is 30.3 Å². The van der Waals surface area contributed by atoms with Gasteiger partial charge >= 0.3 is 6.03 Å². The predicted octanol–water partition coefficient (Wildman–Crippen LogP) is 1.91. The van der Waals surface area contributed by atoms with E-state index in [0.29, 0.717) is 6.54 Å². The Labute approximate surface area is 162 Å². The minimum absolute atomic E-state index is 0.0281. The van der Waals surface area contributed by atoms with Crippen LogP contribution in [0.1, 0.15) is 31.2 Å². The van der Waals surface area contributed by atoms with Crippen molar-refractivity contribution in [1.82, 2.24) is 20.0 Å². The molecule has 0 aromatic heterocycles. The van der Waals surface area contributed by atoms with Gasteiger partial charge in [-0.05, 0) is 45.3 Å². The number of rotatable bonds is 5. The fourth-order valence-electron chi connectivity index (χ4n) is 4.74. The Kier molecular flexibility index (Phi) is 5.47. The zero-order valence-electron chi connectivity index (χ0n) is 17.0. The van der Waals surface area contributed by atoms with Crippen LogP contribution in [-0.4, -0.2) is 80.0 Å². The van der Waals surface area contributed by atoms with Gasteiger partial charge in [-0.25, -0.2) is 4.79 Å². The monoisotopic (exact) mass is 372 g/mol. The number of likely N-dealkylation sites (N-methyl/N-ethyl adjacent to an activating group) is 2. The Morgan fingerprint density at radius 3 is 2.26 bits per heavy atom. The number of amides is 3. The first-order valence-electron chi connectivity index (χ1n) is 9.74. The molecule has 0 unspecified atom stereocenters. The highest BCUT2D eigenvalue weighted by Gasteiger charge is 2.51. The molecule has 1 aliphatic carbocycles. The van der Waals surface area contributed by atoms with Gasteiger partial charge in [-0.1, -0.05) is 30.3 Å². The van der Waals surface area contributed by atoms with E-state index in [2.05, 4.69) is 54.6 Å². The van der Waals surface area contributed by atoms with E-state index in [4.69, 9.17) is 0 Å². The standard InChI is InChI=1S/C21H32N4O2/c1-23(2)16-20(17-8-6-5-7-9-17)10-12-21(13-11-20)15-22-19(27)25(21)14-18(26)24(3)4/h5-9H,10-16H2,1-4H3,(H,22,27). The van der Waals surface area contributed by atoms with E-state index in [1.54, 1.807) is 23.9 Å². The van der Waals surface area contributed by atoms with Crippen molar-refractivity contribution in [2.45, 2.75) is 36.6 Å². The molecule has 3 amide bonds. The summed E-state index contributed by atoms with van der Waals surface area (Å²) in [4.78, 5) is 30.3. The second kappa shape index (κ2) is 7.50. The molecule has 6 heteroatoms. The van der Waals surface area contributed by atoms with E-state index in [0.717, 1.165) is 32.2 Å². The minimum Gasteiger partial charge on any atom is -0.347 e. The average Bonchev–Trinajstić information content (AvgIpc) is 2.94. The maximum Gasteiger partial charge on any atom is 0.318 e. The molecule has 1 heterocycles. The molecule has 1 spiro atoms. The molecule has 2 fully saturated rings. The normalized spacial score (nSPS) is 27.9. The van der Waals surface area contributed by atoms with Crippen LogP contribution in [0.4, 0.5) is 4.79 Å². The number of benzene rings is 1. The summed E-state index contributed by atoms with van der Waals surface area (Å²) in [6, 6.07) is 10.6. The molecular formula is C21H32N4O2. The van der Waals surface area contributed by atoms with Crippen molar-refractivity contribution < 1.29 is 9.59 Å². The fourth-order valence-corrected chi connectivity index (χ4v) is 4.74. The zero-order chi connectivity index (χ0) is 19.7. The highest BCUT2D eigenvalue weighted by molar-refractivity contribution is 5.85. The van der Waals surface area contributed by atoms with Crippen LogP contribution in [0.25, 0.3) is 0 Å². The largest absolute Gasteiger partial charge is 0.347 e. The minimum atomic E-state index is -0.243. The van der Waals surface area contributed by atoms with Crippen molar-refractivity contribution >= 4 is 11.9 Å². The van der Waals surface area contributed by atoms with Crippen LogP contribution in [0.5, 0.6) is 0 Å². The van der Waals surface area contributed by atoms with Crippen molar-refractivity contribution in [1.29, 1.82) is 0 Å². The maximum atomic E-state index is 12.5. The van der Waals surface area contributed by atoms with Crippen molar-refractivity contribution in [3.05, 3.63) is 35.9 Å². The van der Waals surface area contributed by atoms with Gasteiger partial charge < -0.3 is 20.0 Å². The number of nitrogens with one attached hydrogen (secondary N) is 1. The van der Waals surface area contributed by atoms with E-state index in [1.165, 1.54) is 5.56 Å². The van der Waals surface area contributed by atoms with Crippen LogP contribution in [-0.2, 0) is 10.2 Å². The van der Waals surface area contributed by atoms with Gasteiger partial charge in [-0.3, -0.25) is 4.79 Å². The van der Waals surface area contributed by atoms with Gasteiger partial charge in [-0.15, -0.1) is 0 Å². The highest BCUT2D eigenvalue weighted by atomic mass is 16.2. The van der Waals surface area contributed by atoms with Gasteiger partial charge in [-0.2, -0.15) is 0 Å². The summed E-state index contributed by atoms with van der Waals surface area (Å²) < 4.78 is 0. The Bertz CT molecular complexity index is 679. The Hall–Kier alpha value is -2.08. The van der Waals surface area contributed by atoms with Crippen LogP contribution < -0.4 is 5.32 Å². The lowest BCUT2D eigenvalue weighted by atomic mass is 9.63. The molecule has 1 aliphatic heterocycles. The topological polar surface area (TPSA) is 55.9 Å². The van der Waals surface area contributed by atoms with Gasteiger partial charge in [0.1, 0.15) is 6.54 Å². The number of nitrogens with zero attached hydrogens (tertiary/aromatic N) is 3. The van der Waals surface area contributed by atoms with E-state index in [-0.39, 0.29) is 29.4 Å². The molecule has 1 saturated carbocycles. The zero-order valence-corrected chi connectivity index (χ0v) is 17.0. The van der Waals surface area contributed by atoms with Gasteiger partial charge in [0.05, 0.1) is 5.54 Å². The van der Waals surface area contributed by atoms with Crippen LogP contribution in [0.3, 0.4) is 0 Å². The molecule has 1 aromatic rings. The Morgan fingerprint density at radius 2 is 1.70 bits per heavy atom. The van der Waals surface area contributed by atoms with Crippen molar-refractivity contribution in [3.8, 4) is 0 Å². The maximum absolute atomic E-state index is 12.5. The summed E-state index contributed by atoms with van der Waals surface area (Å²) in [6.45, 7) is 1.79. The lowest BCUT2D eigenvalue weighted by molar-refractivity contribution is -0.130. The van der Waals surface area contributed by atoms with Crippen molar-refractivity contribution in [2.24, 2.45) is 0 Å². The molecule has 0 bridgehead atoms. The van der Waals surface area contributed by atoms with E-state index in [1.807, 2.05) is 0 Å². The molecule has 27 heavy (non-hydrogen) atoms. The van der Waals surface area contributed by atoms with E-state index in [9.17, 15) is 9.59 Å². The first-order valence-corrected chi connectivity index (χ1v) is 9.74. The van der Waals surface area contributed by atoms with Crippen molar-refractivity contribution in [2.75, 3.05) is 47.8 Å². The molecule has 0 atom stereocenters. The molecule has 1 N–H and O–H groups in total. The second-order valence-electron chi connectivity index (χ2n) is 8.64. The molecule has 2 aliphatic rings. The van der Waals surface area contributed by atoms with Gasteiger partial charge in [0.2, 0.25) is 5.91 Å². The van der Waals surface area contributed by atoms with Crippen molar-refractivity contribution in [3.63, 3.8) is 0 Å². The molecule has 0 radical (unpaired) electrons. The summed E-state index contributed by atoms with van der Waals surface area (Å²) in [5.41, 5.74) is 1.23. The highest BCUT2D eigenvalue weighted by Crippen LogP contribution is 2.46. The van der Waals surface area contributed by atoms with Crippen LogP contribution >= 0.6 is 0 Å². The van der Waals surface area contributed by atoms with E-state index < -0.39 is 0 Å². The summed E-state index contributed by atoms with van der Waals surface area (Å²) in [5.74, 6) is -0.0281. The second-order valence-corrected chi connectivity index (χ2v) is 8.64. The third-order valence-corrected chi connectivity index (χ3v) is 6.32. The molecule has 1 saturated heterocycles. The van der Waals surface area contributed by atoms with E-state index >= 15 is 0 Å². The smallest absolute Gasteiger partial charge is 0.318 e. The summed E-state index contributed by atoms with van der Waals surface area (Å²) in [6.07, 6.45) is 3.85. The lowest BCUT2D eigenvalue weighted by Gasteiger charge is -2.49. The van der Waals surface area contributed by atoms with Gasteiger partial charge in [0.15, 0.2) is 0 Å². The Balaban J connectivity index is 1.82. The number of carbonyl (C=O) groups excluding carboxylic acids is 2. The molecule has 148 valence electrons. The summed E-state index contributed by atoms with van der Waals surface area (Å²) in [7, 11) is 7.72. The molecule has 1 aromatic carbocycles. The first kappa shape index (κ1) is 19.7. The molecular weight excluding hydrogens is 340 g/mol. The number of carbonyl (C=O) groups is 2. The number of urea groups is 1. The average molecular weight is 373 g/mol. The number of hydrogen-bond donors (Lipinski definition) is 1. The lowest BCUT2D eigenvalue weighted by Crippen LogP contribution is -2.55. The predicted molar refractivity (Wildman–Crippen MR) is 107 cm³/mol. The first-order chi connectivity index (χ1) is 12.8. The fraction of sp³-hybridized carbons (Fsp3) is 0.619. The van der Waals surface area contributed by atoms with Gasteiger partial charge in [0, 0.05) is 32.6 Å². The summed E-state index contributed by atoms with van der Waals surface area (Å²) >= 11 is 0. The molecule has 6 nitrogen and oxygen atoms in total.